The number of anilines is 2. The first-order chi connectivity index (χ1) is 20.7. The molecule has 0 atom stereocenters. The van der Waals surface area contributed by atoms with Crippen molar-refractivity contribution in [2.45, 2.75) is 51.5 Å². The Kier molecular flexibility index (Phi) is 8.99. The van der Waals surface area contributed by atoms with E-state index in [1.807, 2.05) is 36.4 Å². The number of para-hydroxylation sites is 1. The quantitative estimate of drug-likeness (QED) is 0.223. The molecule has 3 aromatic carbocycles. The molecular formula is C34H42N6O2. The molecular weight excluding hydrogens is 524 g/mol. The average Bonchev–Trinajstić information content (AvgIpc) is 3.49. The highest BCUT2D eigenvalue weighted by atomic mass is 16.5. The normalized spacial score (nSPS) is 16.7. The topological polar surface area (TPSA) is 66.7 Å². The third-order valence-corrected chi connectivity index (χ3v) is 8.79. The van der Waals surface area contributed by atoms with Crippen LogP contribution in [0.5, 0.6) is 5.75 Å². The summed E-state index contributed by atoms with van der Waals surface area (Å²) in [6.45, 7) is 9.38. The largest absolute Gasteiger partial charge is 0.494 e. The minimum Gasteiger partial charge on any atom is -0.494 e. The van der Waals surface area contributed by atoms with Crippen LogP contribution in [0.4, 0.5) is 11.4 Å². The van der Waals surface area contributed by atoms with Crippen LogP contribution >= 0.6 is 0 Å². The molecule has 4 aromatic rings. The molecule has 0 bridgehead atoms. The van der Waals surface area contributed by atoms with Crippen LogP contribution in [0, 0.1) is 0 Å². The molecule has 0 saturated carbocycles. The Morgan fingerprint density at radius 2 is 1.45 bits per heavy atom. The zero-order valence-electron chi connectivity index (χ0n) is 24.7. The number of aromatic nitrogens is 3. The molecule has 220 valence electrons. The number of carbonyl (C=O) groups is 1. The molecule has 2 fully saturated rings. The van der Waals surface area contributed by atoms with Gasteiger partial charge in [-0.1, -0.05) is 43.5 Å². The van der Waals surface area contributed by atoms with Crippen molar-refractivity contribution < 1.29 is 9.53 Å². The van der Waals surface area contributed by atoms with E-state index >= 15 is 0 Å². The molecule has 0 aliphatic carbocycles. The van der Waals surface area contributed by atoms with E-state index in [9.17, 15) is 4.79 Å². The first-order valence-corrected chi connectivity index (χ1v) is 15.6. The number of ether oxygens (including phenoxy) is 1. The van der Waals surface area contributed by atoms with Crippen molar-refractivity contribution in [3.8, 4) is 5.75 Å². The predicted molar refractivity (Wildman–Crippen MR) is 169 cm³/mol. The maximum atomic E-state index is 13.1. The lowest BCUT2D eigenvalue weighted by atomic mass is 10.0. The average molecular weight is 567 g/mol. The summed E-state index contributed by atoms with van der Waals surface area (Å²) in [7, 11) is 0. The Bertz CT molecular complexity index is 1440. The van der Waals surface area contributed by atoms with Gasteiger partial charge in [0.1, 0.15) is 11.3 Å². The van der Waals surface area contributed by atoms with Crippen LogP contribution in [0.2, 0.25) is 0 Å². The number of piperidine rings is 1. The summed E-state index contributed by atoms with van der Waals surface area (Å²) in [5, 5.41) is 8.18. The molecule has 8 heteroatoms. The molecule has 0 spiro atoms. The van der Waals surface area contributed by atoms with E-state index in [1.54, 1.807) is 0 Å². The van der Waals surface area contributed by atoms with Gasteiger partial charge in [-0.15, -0.1) is 5.10 Å². The van der Waals surface area contributed by atoms with Crippen molar-refractivity contribution in [2.75, 3.05) is 55.7 Å². The molecule has 6 rings (SSSR count). The number of rotatable bonds is 10. The highest BCUT2D eigenvalue weighted by Gasteiger charge is 2.28. The van der Waals surface area contributed by atoms with Gasteiger partial charge < -0.3 is 14.5 Å². The molecule has 2 aliphatic rings. The Hall–Kier alpha value is -3.91. The lowest BCUT2D eigenvalue weighted by Crippen LogP contribution is -2.53. The third kappa shape index (κ3) is 6.44. The van der Waals surface area contributed by atoms with Crippen LogP contribution in [0.3, 0.4) is 0 Å². The smallest absolute Gasteiger partial charge is 0.280 e. The number of benzene rings is 3. The van der Waals surface area contributed by atoms with Gasteiger partial charge in [0, 0.05) is 62.2 Å². The van der Waals surface area contributed by atoms with Gasteiger partial charge in [0.25, 0.3) is 5.91 Å². The molecule has 2 saturated heterocycles. The van der Waals surface area contributed by atoms with Crippen LogP contribution in [-0.2, 0) is 0 Å². The first-order valence-electron chi connectivity index (χ1n) is 15.6. The number of carbonyl (C=O) groups excluding carboxylic acids is 1. The van der Waals surface area contributed by atoms with Crippen molar-refractivity contribution in [1.82, 2.24) is 19.9 Å². The van der Waals surface area contributed by atoms with Gasteiger partial charge in [0.2, 0.25) is 0 Å². The summed E-state index contributed by atoms with van der Waals surface area (Å²) in [4.78, 5) is 20.7. The minimum absolute atomic E-state index is 0.159. The van der Waals surface area contributed by atoms with Crippen LogP contribution in [-0.4, -0.2) is 77.7 Å². The van der Waals surface area contributed by atoms with Crippen molar-refractivity contribution >= 4 is 28.3 Å². The zero-order chi connectivity index (χ0) is 28.7. The highest BCUT2D eigenvalue weighted by molar-refractivity contribution is 6.00. The second kappa shape index (κ2) is 13.4. The van der Waals surface area contributed by atoms with Crippen molar-refractivity contribution in [1.29, 1.82) is 0 Å². The van der Waals surface area contributed by atoms with Crippen molar-refractivity contribution in [3.63, 3.8) is 0 Å². The van der Waals surface area contributed by atoms with E-state index in [0.717, 1.165) is 74.8 Å². The Morgan fingerprint density at radius 3 is 2.17 bits per heavy atom. The maximum Gasteiger partial charge on any atom is 0.280 e. The fourth-order valence-corrected chi connectivity index (χ4v) is 6.26. The second-order valence-electron chi connectivity index (χ2n) is 11.5. The molecule has 42 heavy (non-hydrogen) atoms. The van der Waals surface area contributed by atoms with Crippen molar-refractivity contribution in [3.05, 3.63) is 78.4 Å². The van der Waals surface area contributed by atoms with E-state index < -0.39 is 0 Å². The zero-order valence-corrected chi connectivity index (χ0v) is 24.7. The maximum absolute atomic E-state index is 13.1. The first kappa shape index (κ1) is 28.2. The highest BCUT2D eigenvalue weighted by Crippen LogP contribution is 2.27. The predicted octanol–water partition coefficient (Wildman–Crippen LogP) is 5.87. The number of fused-ring (bicyclic) bond motifs is 1. The Balaban J connectivity index is 0.954. The van der Waals surface area contributed by atoms with E-state index in [1.165, 1.54) is 42.5 Å². The molecule has 8 nitrogen and oxygen atoms in total. The van der Waals surface area contributed by atoms with Crippen LogP contribution in [0.15, 0.2) is 72.8 Å². The monoisotopic (exact) mass is 566 g/mol. The summed E-state index contributed by atoms with van der Waals surface area (Å²) in [6, 6.07) is 24.8. The van der Waals surface area contributed by atoms with Gasteiger partial charge in [-0.3, -0.25) is 9.69 Å². The van der Waals surface area contributed by atoms with E-state index in [2.05, 4.69) is 68.3 Å². The SMILES string of the molecule is CCCCCCOc1ccc(N2CCC(N3CCN(c4ccc(C(=O)n5nnc6ccccc65)cc4)CC3)CC2)cc1. The number of nitrogens with zero attached hydrogens (tertiary/aromatic N) is 6. The molecule has 0 radical (unpaired) electrons. The minimum atomic E-state index is -0.159. The Morgan fingerprint density at radius 1 is 0.786 bits per heavy atom. The van der Waals surface area contributed by atoms with Crippen molar-refractivity contribution in [2.24, 2.45) is 0 Å². The van der Waals surface area contributed by atoms with Gasteiger partial charge in [-0.05, 0) is 79.9 Å². The lowest BCUT2D eigenvalue weighted by Gasteiger charge is -2.43. The molecule has 0 N–H and O–H groups in total. The third-order valence-electron chi connectivity index (χ3n) is 8.79. The fourth-order valence-electron chi connectivity index (χ4n) is 6.26. The molecule has 0 amide bonds. The van der Waals surface area contributed by atoms with Crippen LogP contribution in [0.1, 0.15) is 55.8 Å². The summed E-state index contributed by atoms with van der Waals surface area (Å²) < 4.78 is 7.31. The fraction of sp³-hybridized carbons (Fsp3) is 0.441. The Labute approximate surface area is 248 Å². The van der Waals surface area contributed by atoms with Gasteiger partial charge >= 0.3 is 0 Å². The van der Waals surface area contributed by atoms with E-state index in [-0.39, 0.29) is 5.91 Å². The lowest BCUT2D eigenvalue weighted by molar-refractivity contribution is 0.0948. The van der Waals surface area contributed by atoms with Crippen LogP contribution < -0.4 is 14.5 Å². The number of piperazine rings is 1. The summed E-state index contributed by atoms with van der Waals surface area (Å²) in [5.74, 6) is 0.821. The van der Waals surface area contributed by atoms with Gasteiger partial charge in [0.15, 0.2) is 0 Å². The summed E-state index contributed by atoms with van der Waals surface area (Å²) >= 11 is 0. The van der Waals surface area contributed by atoms with E-state index in [0.29, 0.717) is 11.6 Å². The number of hydrogen-bond donors (Lipinski definition) is 0. The molecule has 1 aromatic heterocycles. The van der Waals surface area contributed by atoms with Gasteiger partial charge in [-0.25, -0.2) is 0 Å². The molecule has 0 unspecified atom stereocenters. The standard InChI is InChI=1S/C34H42N6O2/c1-2-3-4-7-26-42-31-16-14-29(15-17-31)37-20-18-30(19-21-37)39-24-22-38(23-25-39)28-12-10-27(11-13-28)34(41)40-33-9-6-5-8-32(33)35-36-40/h5-6,8-17,30H,2-4,7,18-26H2,1H3. The molecule has 2 aliphatic heterocycles. The number of unbranched alkanes of at least 4 members (excludes halogenated alkanes) is 3. The molecule has 3 heterocycles. The second-order valence-corrected chi connectivity index (χ2v) is 11.5. The number of hydrogen-bond acceptors (Lipinski definition) is 7. The van der Waals surface area contributed by atoms with Crippen LogP contribution in [0.25, 0.3) is 11.0 Å². The summed E-state index contributed by atoms with van der Waals surface area (Å²) in [6.07, 6.45) is 7.32. The van der Waals surface area contributed by atoms with E-state index in [4.69, 9.17) is 4.74 Å². The van der Waals surface area contributed by atoms with Gasteiger partial charge in [0.05, 0.1) is 12.1 Å². The summed E-state index contributed by atoms with van der Waals surface area (Å²) in [5.41, 5.74) is 4.53. The van der Waals surface area contributed by atoms with Gasteiger partial charge in [-0.2, -0.15) is 4.68 Å².